The lowest BCUT2D eigenvalue weighted by Crippen LogP contribution is -2.20. The first kappa shape index (κ1) is 20.8. The number of hydrogen-bond donors (Lipinski definition) is 1. The first-order valence-electron chi connectivity index (χ1n) is 9.95. The Morgan fingerprint density at radius 3 is 2.30 bits per heavy atom. The Hall–Kier alpha value is -2.49. The molecule has 146 valence electrons. The van der Waals surface area contributed by atoms with E-state index < -0.39 is 0 Å². The summed E-state index contributed by atoms with van der Waals surface area (Å²) in [6.07, 6.45) is 7.04. The maximum atomic E-state index is 12.1. The van der Waals surface area contributed by atoms with Crippen molar-refractivity contribution in [3.8, 4) is 11.5 Å². The van der Waals surface area contributed by atoms with Crippen LogP contribution in [0.1, 0.15) is 51.5 Å². The van der Waals surface area contributed by atoms with Gasteiger partial charge in [0.05, 0.1) is 6.61 Å². The maximum Gasteiger partial charge on any atom is 0.262 e. The first-order valence-corrected chi connectivity index (χ1v) is 9.95. The largest absolute Gasteiger partial charge is 0.493 e. The molecule has 2 aromatic carbocycles. The fourth-order valence-corrected chi connectivity index (χ4v) is 2.72. The number of carbonyl (C=O) groups is 1. The molecule has 27 heavy (non-hydrogen) atoms. The van der Waals surface area contributed by atoms with Crippen LogP contribution in [0.5, 0.6) is 11.5 Å². The topological polar surface area (TPSA) is 47.6 Å². The van der Waals surface area contributed by atoms with E-state index in [4.69, 9.17) is 9.47 Å². The Labute approximate surface area is 162 Å². The van der Waals surface area contributed by atoms with Crippen LogP contribution in [0.4, 0.5) is 5.69 Å². The van der Waals surface area contributed by atoms with E-state index in [2.05, 4.69) is 19.2 Å². The lowest BCUT2D eigenvalue weighted by atomic mass is 10.1. The molecule has 0 aromatic heterocycles. The molecular weight excluding hydrogens is 338 g/mol. The Balaban J connectivity index is 1.72. The molecule has 0 aliphatic heterocycles. The molecule has 0 saturated heterocycles. The summed E-state index contributed by atoms with van der Waals surface area (Å²) >= 11 is 0. The zero-order valence-electron chi connectivity index (χ0n) is 16.5. The van der Waals surface area contributed by atoms with E-state index in [0.717, 1.165) is 24.3 Å². The van der Waals surface area contributed by atoms with Gasteiger partial charge in [-0.05, 0) is 42.7 Å². The predicted molar refractivity (Wildman–Crippen MR) is 111 cm³/mol. The van der Waals surface area contributed by atoms with Crippen molar-refractivity contribution < 1.29 is 14.3 Å². The molecule has 0 heterocycles. The summed E-state index contributed by atoms with van der Waals surface area (Å²) in [5, 5.41) is 2.84. The highest BCUT2D eigenvalue weighted by atomic mass is 16.5. The molecule has 0 fully saturated rings. The van der Waals surface area contributed by atoms with Gasteiger partial charge in [-0.2, -0.15) is 0 Å². The van der Waals surface area contributed by atoms with Crippen LogP contribution in [0.3, 0.4) is 0 Å². The Morgan fingerprint density at radius 1 is 0.889 bits per heavy atom. The van der Waals surface area contributed by atoms with Crippen molar-refractivity contribution in [1.29, 1.82) is 0 Å². The summed E-state index contributed by atoms with van der Waals surface area (Å²) < 4.78 is 11.4. The molecular formula is C23H31NO3. The van der Waals surface area contributed by atoms with Crippen LogP contribution < -0.4 is 14.8 Å². The van der Waals surface area contributed by atoms with Gasteiger partial charge in [-0.3, -0.25) is 4.79 Å². The van der Waals surface area contributed by atoms with Crippen molar-refractivity contribution in [1.82, 2.24) is 0 Å². The van der Waals surface area contributed by atoms with Crippen LogP contribution >= 0.6 is 0 Å². The standard InChI is InChI=1S/C23H31NO3/c1-3-5-6-7-8-16-26-21-10-9-11-22(17-21)27-18-23(25)24-20-14-12-19(4-2)13-15-20/h9-15,17H,3-8,16,18H2,1-2H3,(H,24,25). The quantitative estimate of drug-likeness (QED) is 0.494. The number of nitrogens with one attached hydrogen (secondary N) is 1. The molecule has 4 heteroatoms. The Kier molecular flexibility index (Phi) is 9.25. The monoisotopic (exact) mass is 369 g/mol. The molecule has 0 radical (unpaired) electrons. The van der Waals surface area contributed by atoms with Crippen LogP contribution in [0.2, 0.25) is 0 Å². The number of unbranched alkanes of at least 4 members (excludes halogenated alkanes) is 4. The number of amides is 1. The molecule has 0 aliphatic carbocycles. The molecule has 1 amide bonds. The third-order valence-corrected chi connectivity index (χ3v) is 4.34. The van der Waals surface area contributed by atoms with Crippen molar-refractivity contribution in [2.45, 2.75) is 52.4 Å². The number of benzene rings is 2. The second-order valence-electron chi connectivity index (χ2n) is 6.62. The molecule has 0 unspecified atom stereocenters. The van der Waals surface area contributed by atoms with Gasteiger partial charge in [0.1, 0.15) is 11.5 Å². The van der Waals surface area contributed by atoms with E-state index in [1.807, 2.05) is 48.5 Å². The molecule has 0 aliphatic rings. The zero-order chi connectivity index (χ0) is 19.3. The number of carbonyl (C=O) groups excluding carboxylic acids is 1. The number of aryl methyl sites for hydroxylation is 1. The third kappa shape index (κ3) is 8.16. The SMILES string of the molecule is CCCCCCCOc1cccc(OCC(=O)Nc2ccc(CC)cc2)c1. The number of rotatable bonds is 12. The molecule has 0 bridgehead atoms. The molecule has 2 aromatic rings. The second-order valence-corrected chi connectivity index (χ2v) is 6.62. The van der Waals surface area contributed by atoms with Gasteiger partial charge in [0.2, 0.25) is 0 Å². The Morgan fingerprint density at radius 2 is 1.59 bits per heavy atom. The van der Waals surface area contributed by atoms with Gasteiger partial charge in [0.25, 0.3) is 5.91 Å². The van der Waals surface area contributed by atoms with Gasteiger partial charge >= 0.3 is 0 Å². The second kappa shape index (κ2) is 12.0. The third-order valence-electron chi connectivity index (χ3n) is 4.34. The number of ether oxygens (including phenoxy) is 2. The van der Waals surface area contributed by atoms with Crippen LogP contribution in [0.15, 0.2) is 48.5 Å². The minimum absolute atomic E-state index is 0.0317. The highest BCUT2D eigenvalue weighted by Gasteiger charge is 2.05. The lowest BCUT2D eigenvalue weighted by Gasteiger charge is -2.10. The zero-order valence-corrected chi connectivity index (χ0v) is 16.5. The van der Waals surface area contributed by atoms with E-state index in [1.165, 1.54) is 31.2 Å². The van der Waals surface area contributed by atoms with Gasteiger partial charge in [-0.1, -0.05) is 57.7 Å². The van der Waals surface area contributed by atoms with Gasteiger partial charge < -0.3 is 14.8 Å². The summed E-state index contributed by atoms with van der Waals surface area (Å²) in [4.78, 5) is 12.1. The maximum absolute atomic E-state index is 12.1. The van der Waals surface area contributed by atoms with Gasteiger partial charge in [0.15, 0.2) is 6.61 Å². The minimum atomic E-state index is -0.179. The highest BCUT2D eigenvalue weighted by molar-refractivity contribution is 5.91. The average Bonchev–Trinajstić information content (AvgIpc) is 2.70. The van der Waals surface area contributed by atoms with Gasteiger partial charge in [0, 0.05) is 11.8 Å². The summed E-state index contributed by atoms with van der Waals surface area (Å²) in [6.45, 7) is 4.99. The van der Waals surface area contributed by atoms with Crippen LogP contribution in [-0.2, 0) is 11.2 Å². The molecule has 4 nitrogen and oxygen atoms in total. The van der Waals surface area contributed by atoms with E-state index in [-0.39, 0.29) is 12.5 Å². The van der Waals surface area contributed by atoms with Crippen molar-refractivity contribution in [3.05, 3.63) is 54.1 Å². The van der Waals surface area contributed by atoms with Crippen LogP contribution in [-0.4, -0.2) is 19.1 Å². The molecule has 0 saturated carbocycles. The first-order chi connectivity index (χ1) is 13.2. The summed E-state index contributed by atoms with van der Waals surface area (Å²) in [7, 11) is 0. The Bertz CT molecular complexity index is 682. The van der Waals surface area contributed by atoms with E-state index >= 15 is 0 Å². The normalized spacial score (nSPS) is 10.4. The van der Waals surface area contributed by atoms with Crippen molar-refractivity contribution in [2.24, 2.45) is 0 Å². The molecule has 0 spiro atoms. The smallest absolute Gasteiger partial charge is 0.262 e. The fraction of sp³-hybridized carbons (Fsp3) is 0.435. The minimum Gasteiger partial charge on any atom is -0.493 e. The highest BCUT2D eigenvalue weighted by Crippen LogP contribution is 2.20. The van der Waals surface area contributed by atoms with Gasteiger partial charge in [-0.25, -0.2) is 0 Å². The van der Waals surface area contributed by atoms with Crippen molar-refractivity contribution in [3.63, 3.8) is 0 Å². The van der Waals surface area contributed by atoms with Crippen LogP contribution in [0, 0.1) is 0 Å². The van der Waals surface area contributed by atoms with E-state index in [0.29, 0.717) is 12.4 Å². The summed E-state index contributed by atoms with van der Waals surface area (Å²) in [5.74, 6) is 1.23. The molecule has 0 atom stereocenters. The predicted octanol–water partition coefficient (Wildman–Crippen LogP) is 5.62. The van der Waals surface area contributed by atoms with Crippen molar-refractivity contribution in [2.75, 3.05) is 18.5 Å². The number of anilines is 1. The van der Waals surface area contributed by atoms with Crippen molar-refractivity contribution >= 4 is 11.6 Å². The lowest BCUT2D eigenvalue weighted by molar-refractivity contribution is -0.118. The van der Waals surface area contributed by atoms with E-state index in [1.54, 1.807) is 0 Å². The number of hydrogen-bond acceptors (Lipinski definition) is 3. The summed E-state index contributed by atoms with van der Waals surface area (Å²) in [5.41, 5.74) is 2.02. The van der Waals surface area contributed by atoms with Crippen LogP contribution in [0.25, 0.3) is 0 Å². The van der Waals surface area contributed by atoms with Gasteiger partial charge in [-0.15, -0.1) is 0 Å². The average molecular weight is 370 g/mol. The molecule has 1 N–H and O–H groups in total. The fourth-order valence-electron chi connectivity index (χ4n) is 2.72. The molecule has 2 rings (SSSR count). The summed E-state index contributed by atoms with van der Waals surface area (Å²) in [6, 6.07) is 15.3. The van der Waals surface area contributed by atoms with E-state index in [9.17, 15) is 4.79 Å².